The number of aromatic nitrogens is 2. The number of amides is 1. The van der Waals surface area contributed by atoms with Gasteiger partial charge in [-0.05, 0) is 23.6 Å². The number of sulfonamides is 2. The number of nitrogens with zero attached hydrogens (tertiary/aromatic N) is 4. The lowest BCUT2D eigenvalue weighted by Crippen LogP contribution is -2.51. The first-order valence-electron chi connectivity index (χ1n) is 9.41. The van der Waals surface area contributed by atoms with Crippen LogP contribution in [0, 0.1) is 0 Å². The molecule has 1 saturated heterocycles. The topological polar surface area (TPSA) is 136 Å². The lowest BCUT2D eigenvalue weighted by atomic mass is 10.0. The van der Waals surface area contributed by atoms with Gasteiger partial charge >= 0.3 is 0 Å². The van der Waals surface area contributed by atoms with Crippen LogP contribution in [0.5, 0.6) is 0 Å². The van der Waals surface area contributed by atoms with Crippen molar-refractivity contribution in [2.24, 2.45) is 5.14 Å². The zero-order valence-electron chi connectivity index (χ0n) is 16.8. The number of hydrogen-bond donors (Lipinski definition) is 1. The van der Waals surface area contributed by atoms with Gasteiger partial charge in [-0.1, -0.05) is 26.0 Å². The largest absolute Gasteiger partial charge is 0.338 e. The van der Waals surface area contributed by atoms with Crippen LogP contribution < -0.4 is 5.14 Å². The summed E-state index contributed by atoms with van der Waals surface area (Å²) in [4.78, 5) is 14.1. The summed E-state index contributed by atoms with van der Waals surface area (Å²) in [5.41, 5.74) is 1.06. The predicted octanol–water partition coefficient (Wildman–Crippen LogP) is 0.187. The minimum absolute atomic E-state index is 0.154. The third-order valence-electron chi connectivity index (χ3n) is 5.01. The van der Waals surface area contributed by atoms with Crippen LogP contribution in [0.1, 0.15) is 25.3 Å². The molecule has 0 saturated carbocycles. The SMILES string of the molecule is CC(C)c1ccc(S(=O)(=O)N2CCN(C(=O)Cn3cc(S(N)(=O)=O)cn3)CC2)cc1. The van der Waals surface area contributed by atoms with Crippen LogP contribution in [0.3, 0.4) is 0 Å². The van der Waals surface area contributed by atoms with Crippen molar-refractivity contribution < 1.29 is 21.6 Å². The summed E-state index contributed by atoms with van der Waals surface area (Å²) in [6.07, 6.45) is 2.27. The molecular weight excluding hydrogens is 430 g/mol. The molecule has 0 aliphatic carbocycles. The fourth-order valence-electron chi connectivity index (χ4n) is 3.17. The zero-order chi connectivity index (χ0) is 22.1. The molecular formula is C18H25N5O5S2. The van der Waals surface area contributed by atoms with Gasteiger partial charge in [0.2, 0.25) is 26.0 Å². The van der Waals surface area contributed by atoms with Crippen LogP contribution >= 0.6 is 0 Å². The molecule has 30 heavy (non-hydrogen) atoms. The Morgan fingerprint density at radius 2 is 1.63 bits per heavy atom. The first kappa shape index (κ1) is 22.4. The van der Waals surface area contributed by atoms with Gasteiger partial charge in [-0.15, -0.1) is 0 Å². The maximum atomic E-state index is 12.9. The molecule has 0 spiro atoms. The highest BCUT2D eigenvalue weighted by Gasteiger charge is 2.30. The van der Waals surface area contributed by atoms with Crippen molar-refractivity contribution in [3.8, 4) is 0 Å². The highest BCUT2D eigenvalue weighted by Crippen LogP contribution is 2.21. The van der Waals surface area contributed by atoms with E-state index in [2.05, 4.69) is 5.10 Å². The van der Waals surface area contributed by atoms with Gasteiger partial charge in [-0.2, -0.15) is 9.40 Å². The molecule has 1 aromatic heterocycles. The molecule has 164 valence electrons. The van der Waals surface area contributed by atoms with Gasteiger partial charge in [0.1, 0.15) is 11.4 Å². The van der Waals surface area contributed by atoms with Crippen molar-refractivity contribution in [2.45, 2.75) is 36.1 Å². The molecule has 0 bridgehead atoms. The summed E-state index contributed by atoms with van der Waals surface area (Å²) < 4.78 is 50.9. The minimum atomic E-state index is -3.88. The Kier molecular flexibility index (Phi) is 6.32. The average molecular weight is 456 g/mol. The van der Waals surface area contributed by atoms with Crippen LogP contribution in [0.2, 0.25) is 0 Å². The fraction of sp³-hybridized carbons (Fsp3) is 0.444. The lowest BCUT2D eigenvalue weighted by Gasteiger charge is -2.34. The number of hydrogen-bond acceptors (Lipinski definition) is 6. The molecule has 0 unspecified atom stereocenters. The molecule has 10 nitrogen and oxygen atoms in total. The van der Waals surface area contributed by atoms with E-state index in [0.29, 0.717) is 5.92 Å². The van der Waals surface area contributed by atoms with E-state index >= 15 is 0 Å². The number of primary sulfonamides is 1. The molecule has 2 N–H and O–H groups in total. The molecule has 2 aromatic rings. The third-order valence-corrected chi connectivity index (χ3v) is 7.79. The van der Waals surface area contributed by atoms with Gasteiger partial charge < -0.3 is 4.90 Å². The van der Waals surface area contributed by atoms with Crippen molar-refractivity contribution in [1.29, 1.82) is 0 Å². The fourth-order valence-corrected chi connectivity index (χ4v) is 5.05. The molecule has 1 aliphatic rings. The van der Waals surface area contributed by atoms with E-state index in [0.717, 1.165) is 11.8 Å². The molecule has 1 aromatic carbocycles. The van der Waals surface area contributed by atoms with E-state index < -0.39 is 20.0 Å². The van der Waals surface area contributed by atoms with E-state index in [4.69, 9.17) is 5.14 Å². The number of carbonyl (C=O) groups is 1. The zero-order valence-corrected chi connectivity index (χ0v) is 18.4. The molecule has 0 radical (unpaired) electrons. The van der Waals surface area contributed by atoms with E-state index in [-0.39, 0.29) is 48.4 Å². The Bertz CT molecular complexity index is 1120. The predicted molar refractivity (Wildman–Crippen MR) is 109 cm³/mol. The Morgan fingerprint density at radius 3 is 2.13 bits per heavy atom. The molecule has 0 atom stereocenters. The highest BCUT2D eigenvalue weighted by atomic mass is 32.2. The lowest BCUT2D eigenvalue weighted by molar-refractivity contribution is -0.133. The maximum Gasteiger partial charge on any atom is 0.244 e. The van der Waals surface area contributed by atoms with E-state index in [1.54, 1.807) is 12.1 Å². The van der Waals surface area contributed by atoms with Crippen LogP contribution in [-0.4, -0.2) is 67.9 Å². The van der Waals surface area contributed by atoms with E-state index in [9.17, 15) is 21.6 Å². The Balaban J connectivity index is 1.61. The molecule has 1 amide bonds. The quantitative estimate of drug-likeness (QED) is 0.660. The van der Waals surface area contributed by atoms with Gasteiger partial charge in [-0.25, -0.2) is 22.0 Å². The van der Waals surface area contributed by atoms with Gasteiger partial charge in [0, 0.05) is 32.4 Å². The van der Waals surface area contributed by atoms with E-state index in [1.807, 2.05) is 26.0 Å². The van der Waals surface area contributed by atoms with Gasteiger partial charge in [-0.3, -0.25) is 9.48 Å². The van der Waals surface area contributed by atoms with Crippen LogP contribution in [0.25, 0.3) is 0 Å². The summed E-state index contributed by atoms with van der Waals surface area (Å²) >= 11 is 0. The maximum absolute atomic E-state index is 12.9. The van der Waals surface area contributed by atoms with Gasteiger partial charge in [0.15, 0.2) is 0 Å². The summed E-state index contributed by atoms with van der Waals surface area (Å²) in [6, 6.07) is 6.86. The van der Waals surface area contributed by atoms with Crippen molar-refractivity contribution in [2.75, 3.05) is 26.2 Å². The molecule has 3 rings (SSSR count). The molecule has 1 fully saturated rings. The average Bonchev–Trinajstić information content (AvgIpc) is 3.17. The van der Waals surface area contributed by atoms with Gasteiger partial charge in [0.25, 0.3) is 0 Å². The van der Waals surface area contributed by atoms with Crippen molar-refractivity contribution in [3.05, 3.63) is 42.2 Å². The van der Waals surface area contributed by atoms with Crippen molar-refractivity contribution in [3.63, 3.8) is 0 Å². The van der Waals surface area contributed by atoms with Crippen LogP contribution in [0.4, 0.5) is 0 Å². The Hall–Kier alpha value is -2.28. The third kappa shape index (κ3) is 4.89. The second-order valence-electron chi connectivity index (χ2n) is 7.43. The monoisotopic (exact) mass is 455 g/mol. The Morgan fingerprint density at radius 1 is 1.03 bits per heavy atom. The van der Waals surface area contributed by atoms with Crippen molar-refractivity contribution >= 4 is 26.0 Å². The molecule has 2 heterocycles. The normalized spacial score (nSPS) is 16.2. The van der Waals surface area contributed by atoms with Crippen molar-refractivity contribution in [1.82, 2.24) is 19.0 Å². The number of rotatable bonds is 6. The van der Waals surface area contributed by atoms with E-state index in [1.165, 1.54) is 20.1 Å². The van der Waals surface area contributed by atoms with Crippen LogP contribution in [-0.2, 0) is 31.4 Å². The van der Waals surface area contributed by atoms with Crippen LogP contribution in [0.15, 0.2) is 46.5 Å². The summed E-state index contributed by atoms with van der Waals surface area (Å²) in [5, 5.41) is 8.87. The molecule has 1 aliphatic heterocycles. The second kappa shape index (κ2) is 8.46. The number of carbonyl (C=O) groups excluding carboxylic acids is 1. The number of benzene rings is 1. The molecule has 12 heteroatoms. The highest BCUT2D eigenvalue weighted by molar-refractivity contribution is 7.89. The standard InChI is InChI=1S/C18H25N5O5S2/c1-14(2)15-3-5-16(6-4-15)30(27,28)23-9-7-21(8-10-23)18(24)13-22-12-17(11-20-22)29(19,25)26/h3-6,11-12,14H,7-10,13H2,1-2H3,(H2,19,25,26). The summed E-state index contributed by atoms with van der Waals surface area (Å²) in [7, 11) is -7.51. The number of piperazine rings is 1. The Labute approximate surface area is 176 Å². The minimum Gasteiger partial charge on any atom is -0.338 e. The second-order valence-corrected chi connectivity index (χ2v) is 10.9. The smallest absolute Gasteiger partial charge is 0.244 e. The summed E-state index contributed by atoms with van der Waals surface area (Å²) in [6.45, 7) is 4.77. The summed E-state index contributed by atoms with van der Waals surface area (Å²) in [5.74, 6) is 0.0320. The first-order chi connectivity index (χ1) is 14.0. The first-order valence-corrected chi connectivity index (χ1v) is 12.4. The van der Waals surface area contributed by atoms with Gasteiger partial charge in [0.05, 0.1) is 11.1 Å². The number of nitrogens with two attached hydrogens (primary N) is 1.